The number of nitrogens with two attached hydrogens (primary N) is 1. The molecule has 0 saturated carbocycles. The number of nitrogens with one attached hydrogen (secondary N) is 2. The van der Waals surface area contributed by atoms with Crippen LogP contribution in [0.2, 0.25) is 0 Å². The van der Waals surface area contributed by atoms with Crippen molar-refractivity contribution in [3.8, 4) is 0 Å². The Hall–Kier alpha value is -1.56. The Labute approximate surface area is 107 Å². The molecular weight excluding hydrogens is 232 g/mol. The highest BCUT2D eigenvalue weighted by atomic mass is 16.6. The summed E-state index contributed by atoms with van der Waals surface area (Å²) in [6.45, 7) is 7.76. The van der Waals surface area contributed by atoms with Crippen LogP contribution in [0.15, 0.2) is 6.33 Å². The Morgan fingerprint density at radius 3 is 2.78 bits per heavy atom. The maximum atomic E-state index is 11.4. The van der Waals surface area contributed by atoms with Gasteiger partial charge in [-0.1, -0.05) is 0 Å². The Morgan fingerprint density at radius 2 is 2.28 bits per heavy atom. The first-order chi connectivity index (χ1) is 8.28. The lowest BCUT2D eigenvalue weighted by molar-refractivity contribution is 0.0524. The van der Waals surface area contributed by atoms with Gasteiger partial charge in [-0.15, -0.1) is 0 Å². The van der Waals surface area contributed by atoms with E-state index in [1.807, 2.05) is 27.7 Å². The first-order valence-corrected chi connectivity index (χ1v) is 5.99. The van der Waals surface area contributed by atoms with Gasteiger partial charge in [-0.25, -0.2) is 9.78 Å². The summed E-state index contributed by atoms with van der Waals surface area (Å²) in [6.07, 6.45) is 1.81. The van der Waals surface area contributed by atoms with Crippen molar-refractivity contribution in [2.75, 3.05) is 6.54 Å². The number of carbonyl (C=O) groups excluding carboxylic acids is 1. The molecule has 0 radical (unpaired) electrons. The van der Waals surface area contributed by atoms with Gasteiger partial charge in [0.25, 0.3) is 0 Å². The van der Waals surface area contributed by atoms with Gasteiger partial charge in [-0.2, -0.15) is 0 Å². The number of aromatic nitrogens is 2. The number of nitrogens with zero attached hydrogens (tertiary/aromatic N) is 1. The molecule has 1 aromatic heterocycles. The SMILES string of the molecule is Cc1[nH]cnc1CC(N)CNC(=O)OC(C)(C)C. The largest absolute Gasteiger partial charge is 0.444 e. The van der Waals surface area contributed by atoms with Crippen LogP contribution in [0.4, 0.5) is 4.79 Å². The number of aryl methyl sites for hydroxylation is 1. The van der Waals surface area contributed by atoms with Crippen molar-refractivity contribution in [2.45, 2.75) is 45.8 Å². The number of ether oxygens (including phenoxy) is 1. The summed E-state index contributed by atoms with van der Waals surface area (Å²) in [4.78, 5) is 18.6. The molecule has 6 nitrogen and oxygen atoms in total. The molecule has 0 aliphatic carbocycles. The van der Waals surface area contributed by atoms with E-state index in [0.717, 1.165) is 11.4 Å². The zero-order valence-electron chi connectivity index (χ0n) is 11.4. The van der Waals surface area contributed by atoms with Crippen molar-refractivity contribution in [1.82, 2.24) is 15.3 Å². The lowest BCUT2D eigenvalue weighted by atomic mass is 10.1. The van der Waals surface area contributed by atoms with Gasteiger partial charge in [0.1, 0.15) is 5.60 Å². The average molecular weight is 254 g/mol. The number of hydrogen-bond acceptors (Lipinski definition) is 4. The van der Waals surface area contributed by atoms with E-state index in [-0.39, 0.29) is 6.04 Å². The zero-order valence-corrected chi connectivity index (χ0v) is 11.4. The predicted octanol–water partition coefficient (Wildman–Crippen LogP) is 1.11. The van der Waals surface area contributed by atoms with E-state index >= 15 is 0 Å². The minimum atomic E-state index is -0.493. The molecule has 1 amide bonds. The third kappa shape index (κ3) is 5.18. The summed E-state index contributed by atoms with van der Waals surface area (Å²) in [7, 11) is 0. The summed E-state index contributed by atoms with van der Waals surface area (Å²) in [5.41, 5.74) is 7.36. The van der Waals surface area contributed by atoms with E-state index in [2.05, 4.69) is 15.3 Å². The van der Waals surface area contributed by atoms with Crippen LogP contribution < -0.4 is 11.1 Å². The molecule has 0 aliphatic heterocycles. The minimum Gasteiger partial charge on any atom is -0.444 e. The highest BCUT2D eigenvalue weighted by Gasteiger charge is 2.17. The fraction of sp³-hybridized carbons (Fsp3) is 0.667. The first kappa shape index (κ1) is 14.5. The molecule has 1 aromatic rings. The summed E-state index contributed by atoms with van der Waals surface area (Å²) in [5, 5.41) is 2.65. The molecule has 1 unspecified atom stereocenters. The maximum Gasteiger partial charge on any atom is 0.407 e. The number of rotatable bonds is 4. The number of hydrogen-bond donors (Lipinski definition) is 3. The maximum absolute atomic E-state index is 11.4. The number of aromatic amines is 1. The number of H-pyrrole nitrogens is 1. The van der Waals surface area contributed by atoms with Gasteiger partial charge < -0.3 is 20.8 Å². The first-order valence-electron chi connectivity index (χ1n) is 5.99. The monoisotopic (exact) mass is 254 g/mol. The fourth-order valence-electron chi connectivity index (χ4n) is 1.44. The Balaban J connectivity index is 2.31. The second-order valence-corrected chi connectivity index (χ2v) is 5.32. The summed E-state index contributed by atoms with van der Waals surface area (Å²) in [6, 6.07) is -0.181. The van der Waals surface area contributed by atoms with Gasteiger partial charge in [0.2, 0.25) is 0 Å². The average Bonchev–Trinajstić information content (AvgIpc) is 2.59. The second kappa shape index (κ2) is 5.86. The number of carbonyl (C=O) groups is 1. The molecule has 0 bridgehead atoms. The molecule has 0 spiro atoms. The van der Waals surface area contributed by atoms with E-state index < -0.39 is 11.7 Å². The topological polar surface area (TPSA) is 93.0 Å². The van der Waals surface area contributed by atoms with Crippen LogP contribution in [-0.2, 0) is 11.2 Å². The molecule has 0 fully saturated rings. The van der Waals surface area contributed by atoms with Crippen LogP contribution in [0.5, 0.6) is 0 Å². The van der Waals surface area contributed by atoms with Gasteiger partial charge in [-0.05, 0) is 27.7 Å². The van der Waals surface area contributed by atoms with Crippen LogP contribution >= 0.6 is 0 Å². The van der Waals surface area contributed by atoms with E-state index in [1.54, 1.807) is 6.33 Å². The Kier molecular flexibility index (Phi) is 4.72. The summed E-state index contributed by atoms with van der Waals surface area (Å²) < 4.78 is 5.12. The predicted molar refractivity (Wildman–Crippen MR) is 69.2 cm³/mol. The van der Waals surface area contributed by atoms with Gasteiger partial charge in [0, 0.05) is 24.7 Å². The van der Waals surface area contributed by atoms with Crippen LogP contribution in [-0.4, -0.2) is 34.2 Å². The highest BCUT2D eigenvalue weighted by Crippen LogP contribution is 2.06. The number of amides is 1. The van der Waals surface area contributed by atoms with Gasteiger partial charge in [0.05, 0.1) is 12.0 Å². The van der Waals surface area contributed by atoms with Gasteiger partial charge in [-0.3, -0.25) is 0 Å². The fourth-order valence-corrected chi connectivity index (χ4v) is 1.44. The van der Waals surface area contributed by atoms with E-state index in [9.17, 15) is 4.79 Å². The third-order valence-electron chi connectivity index (χ3n) is 2.30. The molecule has 102 valence electrons. The lowest BCUT2D eigenvalue weighted by Gasteiger charge is -2.20. The van der Waals surface area contributed by atoms with Crippen LogP contribution in [0.3, 0.4) is 0 Å². The van der Waals surface area contributed by atoms with Crippen molar-refractivity contribution in [3.05, 3.63) is 17.7 Å². The third-order valence-corrected chi connectivity index (χ3v) is 2.30. The van der Waals surface area contributed by atoms with Crippen molar-refractivity contribution in [2.24, 2.45) is 5.73 Å². The van der Waals surface area contributed by atoms with Crippen molar-refractivity contribution in [1.29, 1.82) is 0 Å². The normalized spacial score (nSPS) is 13.2. The van der Waals surface area contributed by atoms with Crippen LogP contribution in [0, 0.1) is 6.92 Å². The molecule has 18 heavy (non-hydrogen) atoms. The zero-order chi connectivity index (χ0) is 13.8. The molecule has 0 aliphatic rings. The smallest absolute Gasteiger partial charge is 0.407 e. The number of imidazole rings is 1. The van der Waals surface area contributed by atoms with E-state index in [1.165, 1.54) is 0 Å². The quantitative estimate of drug-likeness (QED) is 0.750. The standard InChI is InChI=1S/C12H22N4O2/c1-8-10(16-7-15-8)5-9(13)6-14-11(17)18-12(2,3)4/h7,9H,5-6,13H2,1-4H3,(H,14,17)(H,15,16). The minimum absolute atomic E-state index is 0.181. The molecule has 1 rings (SSSR count). The van der Waals surface area contributed by atoms with E-state index in [0.29, 0.717) is 13.0 Å². The van der Waals surface area contributed by atoms with E-state index in [4.69, 9.17) is 10.5 Å². The van der Waals surface area contributed by atoms with Crippen molar-refractivity contribution < 1.29 is 9.53 Å². The molecular formula is C12H22N4O2. The van der Waals surface area contributed by atoms with Crippen molar-refractivity contribution >= 4 is 6.09 Å². The van der Waals surface area contributed by atoms with Crippen molar-refractivity contribution in [3.63, 3.8) is 0 Å². The molecule has 4 N–H and O–H groups in total. The molecule has 1 heterocycles. The highest BCUT2D eigenvalue weighted by molar-refractivity contribution is 5.67. The van der Waals surface area contributed by atoms with Crippen LogP contribution in [0.25, 0.3) is 0 Å². The summed E-state index contributed by atoms with van der Waals surface area (Å²) >= 11 is 0. The molecule has 0 saturated heterocycles. The Morgan fingerprint density at radius 1 is 1.61 bits per heavy atom. The Bertz CT molecular complexity index is 395. The second-order valence-electron chi connectivity index (χ2n) is 5.32. The van der Waals surface area contributed by atoms with Gasteiger partial charge >= 0.3 is 6.09 Å². The van der Waals surface area contributed by atoms with Crippen LogP contribution in [0.1, 0.15) is 32.2 Å². The lowest BCUT2D eigenvalue weighted by Crippen LogP contribution is -2.41. The molecule has 0 aromatic carbocycles. The summed E-state index contributed by atoms with van der Waals surface area (Å²) in [5.74, 6) is 0. The number of alkyl carbamates (subject to hydrolysis) is 1. The molecule has 1 atom stereocenters. The molecule has 6 heteroatoms. The van der Waals surface area contributed by atoms with Gasteiger partial charge in [0.15, 0.2) is 0 Å².